The van der Waals surface area contributed by atoms with Crippen molar-refractivity contribution < 1.29 is 18.8 Å². The Morgan fingerprint density at radius 3 is 2.89 bits per heavy atom. The van der Waals surface area contributed by atoms with E-state index in [9.17, 15) is 9.59 Å². The number of aromatic nitrogens is 1. The minimum absolute atomic E-state index is 0.0348. The van der Waals surface area contributed by atoms with Crippen LogP contribution in [0.3, 0.4) is 0 Å². The van der Waals surface area contributed by atoms with E-state index in [4.69, 9.17) is 9.26 Å². The van der Waals surface area contributed by atoms with Crippen molar-refractivity contribution in [3.63, 3.8) is 0 Å². The number of carbonyl (C=O) groups is 2. The van der Waals surface area contributed by atoms with E-state index in [0.29, 0.717) is 15.6 Å². The quantitative estimate of drug-likeness (QED) is 0.869. The second kappa shape index (κ2) is 5.66. The van der Waals surface area contributed by atoms with Crippen LogP contribution in [0.5, 0.6) is 0 Å². The van der Waals surface area contributed by atoms with Gasteiger partial charge in [-0.2, -0.15) is 0 Å². The normalized spacial score (nSPS) is 10.2. The minimum atomic E-state index is -0.462. The van der Waals surface area contributed by atoms with Crippen LogP contribution in [0, 0.1) is 6.92 Å². The first-order valence-electron chi connectivity index (χ1n) is 5.51. The highest BCUT2D eigenvalue weighted by Gasteiger charge is 2.12. The number of nitrogens with zero attached hydrogens (tertiary/aromatic N) is 1. The molecule has 0 saturated heterocycles. The molecule has 0 aliphatic carbocycles. The molecular weight excluding hydrogens is 268 g/mol. The van der Waals surface area contributed by atoms with Crippen LogP contribution >= 0.6 is 11.3 Å². The summed E-state index contributed by atoms with van der Waals surface area (Å²) >= 11 is 1.16. The number of hydrogen-bond donors (Lipinski definition) is 1. The van der Waals surface area contributed by atoms with E-state index < -0.39 is 5.97 Å². The van der Waals surface area contributed by atoms with E-state index in [2.05, 4.69) is 10.5 Å². The molecule has 1 amide bonds. The Balaban J connectivity index is 1.92. The van der Waals surface area contributed by atoms with Crippen LogP contribution in [0.4, 0.5) is 5.00 Å². The molecule has 2 heterocycles. The molecule has 0 aliphatic rings. The highest BCUT2D eigenvalue weighted by molar-refractivity contribution is 7.18. The number of aryl methyl sites for hydroxylation is 1. The highest BCUT2D eigenvalue weighted by Crippen LogP contribution is 2.22. The zero-order valence-electron chi connectivity index (χ0n) is 10.4. The zero-order valence-corrected chi connectivity index (χ0v) is 11.2. The van der Waals surface area contributed by atoms with Gasteiger partial charge in [-0.25, -0.2) is 4.79 Å². The lowest BCUT2D eigenvalue weighted by Crippen LogP contribution is -2.04. The highest BCUT2D eigenvalue weighted by atomic mass is 32.1. The van der Waals surface area contributed by atoms with Gasteiger partial charge in [0, 0.05) is 13.0 Å². The lowest BCUT2D eigenvalue weighted by atomic mass is 10.4. The molecule has 1 N–H and O–H groups in total. The first kappa shape index (κ1) is 13.3. The van der Waals surface area contributed by atoms with Crippen molar-refractivity contribution >= 4 is 28.2 Å². The molecule has 7 heteroatoms. The Morgan fingerprint density at radius 2 is 2.26 bits per heavy atom. The average molecular weight is 280 g/mol. The van der Waals surface area contributed by atoms with Crippen LogP contribution in [0.25, 0.3) is 0 Å². The third-order valence-corrected chi connectivity index (χ3v) is 3.11. The molecule has 0 atom stereocenters. The van der Waals surface area contributed by atoms with Crippen molar-refractivity contribution in [3.05, 3.63) is 34.5 Å². The molecule has 2 aromatic rings. The van der Waals surface area contributed by atoms with Crippen molar-refractivity contribution in [1.29, 1.82) is 0 Å². The minimum Gasteiger partial charge on any atom is -0.453 e. The summed E-state index contributed by atoms with van der Waals surface area (Å²) < 4.78 is 10.00. The Bertz CT molecular complexity index is 602. The lowest BCUT2D eigenvalue weighted by Gasteiger charge is -1.99. The van der Waals surface area contributed by atoms with Gasteiger partial charge >= 0.3 is 5.97 Å². The topological polar surface area (TPSA) is 81.4 Å². The van der Waals surface area contributed by atoms with Crippen molar-refractivity contribution in [2.45, 2.75) is 20.5 Å². The number of amides is 1. The monoisotopic (exact) mass is 280 g/mol. The zero-order chi connectivity index (χ0) is 13.8. The van der Waals surface area contributed by atoms with E-state index in [1.807, 2.05) is 0 Å². The van der Waals surface area contributed by atoms with Crippen molar-refractivity contribution in [2.24, 2.45) is 0 Å². The van der Waals surface area contributed by atoms with Crippen LogP contribution < -0.4 is 5.32 Å². The van der Waals surface area contributed by atoms with Crippen LogP contribution in [0.15, 0.2) is 22.7 Å². The van der Waals surface area contributed by atoms with Gasteiger partial charge < -0.3 is 14.6 Å². The summed E-state index contributed by atoms with van der Waals surface area (Å²) in [6, 6.07) is 4.95. The lowest BCUT2D eigenvalue weighted by molar-refractivity contribution is -0.114. The SMILES string of the molecule is CC(=O)Nc1ccc(C(=O)OCc2cc(C)no2)s1. The molecule has 0 aromatic carbocycles. The van der Waals surface area contributed by atoms with Gasteiger partial charge in [-0.05, 0) is 19.1 Å². The molecular formula is C12H12N2O4S. The summed E-state index contributed by atoms with van der Waals surface area (Å²) in [5, 5.41) is 6.90. The van der Waals surface area contributed by atoms with Gasteiger partial charge in [0.25, 0.3) is 0 Å². The van der Waals surface area contributed by atoms with Crippen LogP contribution in [0.1, 0.15) is 28.0 Å². The van der Waals surface area contributed by atoms with E-state index >= 15 is 0 Å². The summed E-state index contributed by atoms with van der Waals surface area (Å²) in [7, 11) is 0. The number of anilines is 1. The molecule has 0 unspecified atom stereocenters. The standard InChI is InChI=1S/C12H12N2O4S/c1-7-5-9(18-14-7)6-17-12(16)10-3-4-11(19-10)13-8(2)15/h3-5H,6H2,1-2H3,(H,13,15). The van der Waals surface area contributed by atoms with Gasteiger partial charge in [-0.1, -0.05) is 5.16 Å². The molecule has 0 saturated carbocycles. The first-order chi connectivity index (χ1) is 9.04. The van der Waals surface area contributed by atoms with E-state index in [1.165, 1.54) is 6.92 Å². The van der Waals surface area contributed by atoms with Crippen LogP contribution in [0.2, 0.25) is 0 Å². The Morgan fingerprint density at radius 1 is 1.47 bits per heavy atom. The molecule has 0 aliphatic heterocycles. The van der Waals surface area contributed by atoms with Gasteiger partial charge in [0.2, 0.25) is 5.91 Å². The first-order valence-corrected chi connectivity index (χ1v) is 6.33. The van der Waals surface area contributed by atoms with E-state index in [0.717, 1.165) is 17.0 Å². The summed E-state index contributed by atoms with van der Waals surface area (Å²) in [6.45, 7) is 3.23. The molecule has 2 aromatic heterocycles. The predicted molar refractivity (Wildman–Crippen MR) is 69.0 cm³/mol. The van der Waals surface area contributed by atoms with Gasteiger partial charge in [0.05, 0.1) is 10.7 Å². The number of hydrogen-bond acceptors (Lipinski definition) is 6. The number of rotatable bonds is 4. The predicted octanol–water partition coefficient (Wildman–Crippen LogP) is 2.36. The number of nitrogens with one attached hydrogen (secondary N) is 1. The second-order valence-corrected chi connectivity index (χ2v) is 4.94. The molecule has 0 bridgehead atoms. The van der Waals surface area contributed by atoms with Crippen LogP contribution in [-0.4, -0.2) is 17.0 Å². The molecule has 0 radical (unpaired) electrons. The average Bonchev–Trinajstić information content (AvgIpc) is 2.95. The Kier molecular flexibility index (Phi) is 3.96. The number of ether oxygens (including phenoxy) is 1. The maximum Gasteiger partial charge on any atom is 0.348 e. The maximum absolute atomic E-state index is 11.7. The van der Waals surface area contributed by atoms with E-state index in [-0.39, 0.29) is 12.5 Å². The molecule has 19 heavy (non-hydrogen) atoms. The van der Waals surface area contributed by atoms with Gasteiger partial charge in [-0.15, -0.1) is 11.3 Å². The van der Waals surface area contributed by atoms with Gasteiger partial charge in [-0.3, -0.25) is 4.79 Å². The second-order valence-electron chi connectivity index (χ2n) is 3.86. The summed E-state index contributed by atoms with van der Waals surface area (Å²) in [5.41, 5.74) is 0.732. The van der Waals surface area contributed by atoms with E-state index in [1.54, 1.807) is 25.1 Å². The number of carbonyl (C=O) groups excluding carboxylic acids is 2. The summed E-state index contributed by atoms with van der Waals surface area (Å²) in [5.74, 6) is -0.154. The fourth-order valence-electron chi connectivity index (χ4n) is 1.38. The van der Waals surface area contributed by atoms with Crippen molar-refractivity contribution in [3.8, 4) is 0 Å². The molecule has 0 spiro atoms. The van der Waals surface area contributed by atoms with Gasteiger partial charge in [0.15, 0.2) is 12.4 Å². The fourth-order valence-corrected chi connectivity index (χ4v) is 2.23. The maximum atomic E-state index is 11.7. The molecule has 100 valence electrons. The summed E-state index contributed by atoms with van der Waals surface area (Å²) in [6.07, 6.45) is 0. The number of thiophene rings is 1. The third-order valence-electron chi connectivity index (χ3n) is 2.13. The number of esters is 1. The van der Waals surface area contributed by atoms with Crippen LogP contribution in [-0.2, 0) is 16.1 Å². The molecule has 2 rings (SSSR count). The van der Waals surface area contributed by atoms with Crippen molar-refractivity contribution in [2.75, 3.05) is 5.32 Å². The Labute approximate surface area is 113 Å². The van der Waals surface area contributed by atoms with Gasteiger partial charge in [0.1, 0.15) is 4.88 Å². The molecule has 0 fully saturated rings. The fraction of sp³-hybridized carbons (Fsp3) is 0.250. The third kappa shape index (κ3) is 3.65. The molecule has 6 nitrogen and oxygen atoms in total. The summed E-state index contributed by atoms with van der Waals surface area (Å²) in [4.78, 5) is 23.0. The Hall–Kier alpha value is -2.15. The largest absolute Gasteiger partial charge is 0.453 e. The smallest absolute Gasteiger partial charge is 0.348 e. The van der Waals surface area contributed by atoms with Crippen molar-refractivity contribution in [1.82, 2.24) is 5.16 Å².